The minimum Gasteiger partial charge on any atom is -0.465 e. The van der Waals surface area contributed by atoms with Gasteiger partial charge in [0.25, 0.3) is 5.91 Å². The number of esters is 1. The van der Waals surface area contributed by atoms with Crippen molar-refractivity contribution in [3.63, 3.8) is 0 Å². The first-order chi connectivity index (χ1) is 8.99. The number of carbonyl (C=O) groups excluding carboxylic acids is 2. The summed E-state index contributed by atoms with van der Waals surface area (Å²) in [6.45, 7) is 5.36. The number of thioether (sulfide) groups is 1. The Labute approximate surface area is 116 Å². The molecule has 0 spiro atoms. The molecule has 1 N–H and O–H groups in total. The van der Waals surface area contributed by atoms with Crippen LogP contribution in [0.3, 0.4) is 0 Å². The van der Waals surface area contributed by atoms with Gasteiger partial charge in [-0.25, -0.2) is 9.97 Å². The first-order valence-electron chi connectivity index (χ1n) is 5.82. The Hall–Kier alpha value is -1.63. The normalized spacial score (nSPS) is 10.1. The summed E-state index contributed by atoms with van der Waals surface area (Å²) in [4.78, 5) is 31.6. The highest BCUT2D eigenvalue weighted by atomic mass is 32.2. The molecule has 0 aliphatic heterocycles. The molecule has 0 aliphatic carbocycles. The van der Waals surface area contributed by atoms with E-state index < -0.39 is 5.97 Å². The fraction of sp³-hybridized carbons (Fsp3) is 0.500. The molecule has 104 valence electrons. The predicted octanol–water partition coefficient (Wildman–Crippen LogP) is 1.11. The third-order valence-corrected chi connectivity index (χ3v) is 2.97. The zero-order chi connectivity index (χ0) is 14.4. The Balaban J connectivity index is 2.85. The molecule has 0 saturated carbocycles. The van der Waals surface area contributed by atoms with E-state index in [9.17, 15) is 9.59 Å². The van der Waals surface area contributed by atoms with Crippen molar-refractivity contribution in [1.82, 2.24) is 15.3 Å². The van der Waals surface area contributed by atoms with Crippen molar-refractivity contribution < 1.29 is 14.3 Å². The van der Waals surface area contributed by atoms with Crippen molar-refractivity contribution in [2.45, 2.75) is 25.8 Å². The number of hydrogen-bond donors (Lipinski definition) is 1. The third kappa shape index (κ3) is 4.20. The minimum atomic E-state index is -0.466. The zero-order valence-corrected chi connectivity index (χ0v) is 12.3. The van der Waals surface area contributed by atoms with Crippen LogP contribution in [-0.2, 0) is 9.53 Å². The Bertz CT molecular complexity index is 491. The predicted molar refractivity (Wildman–Crippen MR) is 72.3 cm³/mol. The lowest BCUT2D eigenvalue weighted by molar-refractivity contribution is -0.141. The summed E-state index contributed by atoms with van der Waals surface area (Å²) in [5, 5.41) is 3.11. The molecule has 0 aliphatic rings. The number of nitrogens with zero attached hydrogens (tertiary/aromatic N) is 2. The number of hydrogen-bond acceptors (Lipinski definition) is 6. The highest BCUT2D eigenvalue weighted by Crippen LogP contribution is 2.20. The maximum atomic E-state index is 12.1. The van der Waals surface area contributed by atoms with E-state index in [2.05, 4.69) is 15.3 Å². The molecule has 1 amide bonds. The molecule has 0 saturated heterocycles. The molecule has 19 heavy (non-hydrogen) atoms. The molecule has 1 rings (SSSR count). The Morgan fingerprint density at radius 3 is 2.58 bits per heavy atom. The van der Waals surface area contributed by atoms with Crippen LogP contribution < -0.4 is 5.32 Å². The lowest BCUT2D eigenvalue weighted by Gasteiger charge is -2.10. The molecule has 7 heteroatoms. The largest absolute Gasteiger partial charge is 0.465 e. The maximum Gasteiger partial charge on any atom is 0.325 e. The monoisotopic (exact) mass is 283 g/mol. The van der Waals surface area contributed by atoms with Gasteiger partial charge in [0, 0.05) is 0 Å². The number of carbonyl (C=O) groups is 2. The average molecular weight is 283 g/mol. The molecule has 0 aromatic carbocycles. The van der Waals surface area contributed by atoms with E-state index in [1.165, 1.54) is 11.8 Å². The summed E-state index contributed by atoms with van der Waals surface area (Å²) in [5.74, 6) is -0.217. The van der Waals surface area contributed by atoms with Gasteiger partial charge in [-0.15, -0.1) is 11.8 Å². The molecule has 6 nitrogen and oxygen atoms in total. The summed E-state index contributed by atoms with van der Waals surface area (Å²) in [6, 6.07) is 0. The fourth-order valence-corrected chi connectivity index (χ4v) is 2.21. The van der Waals surface area contributed by atoms with Crippen molar-refractivity contribution in [2.75, 3.05) is 19.4 Å². The van der Waals surface area contributed by atoms with Crippen LogP contribution in [0.4, 0.5) is 0 Å². The quantitative estimate of drug-likeness (QED) is 0.495. The third-order valence-electron chi connectivity index (χ3n) is 2.29. The van der Waals surface area contributed by atoms with Crippen LogP contribution in [0.5, 0.6) is 0 Å². The van der Waals surface area contributed by atoms with Crippen LogP contribution >= 0.6 is 11.8 Å². The van der Waals surface area contributed by atoms with Crippen LogP contribution in [0, 0.1) is 13.8 Å². The van der Waals surface area contributed by atoms with Crippen LogP contribution in [0.25, 0.3) is 0 Å². The van der Waals surface area contributed by atoms with Crippen LogP contribution in [0.15, 0.2) is 5.03 Å². The molecule has 0 fully saturated rings. The van der Waals surface area contributed by atoms with Crippen molar-refractivity contribution in [3.05, 3.63) is 17.1 Å². The van der Waals surface area contributed by atoms with Gasteiger partial charge in [0.2, 0.25) is 0 Å². The average Bonchev–Trinajstić information content (AvgIpc) is 2.35. The SMILES string of the molecule is CCOC(=O)CNC(=O)c1c(C)nc(C)nc1SC. The standard InChI is InChI=1S/C12H17N3O3S/c1-5-18-9(16)6-13-11(17)10-7(2)14-8(3)15-12(10)19-4/h5-6H2,1-4H3,(H,13,17). The lowest BCUT2D eigenvalue weighted by atomic mass is 10.2. The summed E-state index contributed by atoms with van der Waals surface area (Å²) >= 11 is 1.37. The van der Waals surface area contributed by atoms with E-state index >= 15 is 0 Å². The number of aromatic nitrogens is 2. The summed E-state index contributed by atoms with van der Waals surface area (Å²) in [6.07, 6.45) is 1.84. The first-order valence-corrected chi connectivity index (χ1v) is 7.05. The van der Waals surface area contributed by atoms with Crippen LogP contribution in [-0.4, -0.2) is 41.3 Å². The van der Waals surface area contributed by atoms with Crippen molar-refractivity contribution in [1.29, 1.82) is 0 Å². The van der Waals surface area contributed by atoms with Gasteiger partial charge in [0.05, 0.1) is 17.9 Å². The molecule has 0 bridgehead atoms. The molecular formula is C12H17N3O3S. The molecule has 1 aromatic rings. The zero-order valence-electron chi connectivity index (χ0n) is 11.4. The van der Waals surface area contributed by atoms with E-state index in [-0.39, 0.29) is 19.1 Å². The first kappa shape index (κ1) is 15.4. The highest BCUT2D eigenvalue weighted by molar-refractivity contribution is 7.98. The van der Waals surface area contributed by atoms with Crippen molar-refractivity contribution in [2.24, 2.45) is 0 Å². The van der Waals surface area contributed by atoms with Gasteiger partial charge < -0.3 is 10.1 Å². The number of aryl methyl sites for hydroxylation is 2. The van der Waals surface area contributed by atoms with Gasteiger partial charge >= 0.3 is 5.97 Å². The molecule has 1 aromatic heterocycles. The van der Waals surface area contributed by atoms with Crippen LogP contribution in [0.2, 0.25) is 0 Å². The Morgan fingerprint density at radius 1 is 1.32 bits per heavy atom. The fourth-order valence-electron chi connectivity index (χ4n) is 1.54. The second kappa shape index (κ2) is 7.08. The van der Waals surface area contributed by atoms with Gasteiger partial charge in [-0.2, -0.15) is 0 Å². The number of amides is 1. The molecule has 0 radical (unpaired) electrons. The number of ether oxygens (including phenoxy) is 1. The summed E-state index contributed by atoms with van der Waals surface area (Å²) in [7, 11) is 0. The molecule has 0 atom stereocenters. The van der Waals surface area contributed by atoms with Gasteiger partial charge in [0.15, 0.2) is 0 Å². The van der Waals surface area contributed by atoms with Crippen molar-refractivity contribution >= 4 is 23.6 Å². The van der Waals surface area contributed by atoms with E-state index in [1.54, 1.807) is 20.8 Å². The van der Waals surface area contributed by atoms with E-state index in [1.807, 2.05) is 6.26 Å². The van der Waals surface area contributed by atoms with E-state index in [0.29, 0.717) is 22.1 Å². The van der Waals surface area contributed by atoms with Gasteiger partial charge in [-0.1, -0.05) is 0 Å². The lowest BCUT2D eigenvalue weighted by Crippen LogP contribution is -2.32. The van der Waals surface area contributed by atoms with E-state index in [4.69, 9.17) is 4.74 Å². The number of rotatable bonds is 5. The minimum absolute atomic E-state index is 0.159. The van der Waals surface area contributed by atoms with Crippen molar-refractivity contribution in [3.8, 4) is 0 Å². The van der Waals surface area contributed by atoms with Gasteiger partial charge in [-0.3, -0.25) is 9.59 Å². The maximum absolute atomic E-state index is 12.1. The molecule has 1 heterocycles. The molecule has 0 unspecified atom stereocenters. The van der Waals surface area contributed by atoms with E-state index in [0.717, 1.165) is 0 Å². The summed E-state index contributed by atoms with van der Waals surface area (Å²) in [5.41, 5.74) is 1.00. The molecular weight excluding hydrogens is 266 g/mol. The highest BCUT2D eigenvalue weighted by Gasteiger charge is 2.18. The topological polar surface area (TPSA) is 81.2 Å². The number of nitrogens with one attached hydrogen (secondary N) is 1. The second-order valence-corrected chi connectivity index (χ2v) is 4.52. The Morgan fingerprint density at radius 2 is 2.00 bits per heavy atom. The Kier molecular flexibility index (Phi) is 5.75. The van der Waals surface area contributed by atoms with Crippen LogP contribution in [0.1, 0.15) is 28.8 Å². The van der Waals surface area contributed by atoms with Gasteiger partial charge in [0.1, 0.15) is 17.4 Å². The summed E-state index contributed by atoms with van der Waals surface area (Å²) < 4.78 is 4.74. The van der Waals surface area contributed by atoms with Gasteiger partial charge in [-0.05, 0) is 27.0 Å². The smallest absolute Gasteiger partial charge is 0.325 e. The second-order valence-electron chi connectivity index (χ2n) is 3.73.